The summed E-state index contributed by atoms with van der Waals surface area (Å²) in [7, 11) is 0. The van der Waals surface area contributed by atoms with Crippen LogP contribution in [-0.4, -0.2) is 0 Å². The van der Waals surface area contributed by atoms with E-state index in [2.05, 4.69) is 196 Å². The van der Waals surface area contributed by atoms with Crippen molar-refractivity contribution in [1.29, 1.82) is 0 Å². The topological polar surface area (TPSA) is 6.48 Å². The molecule has 0 aliphatic carbocycles. The first-order chi connectivity index (χ1) is 24.8. The Balaban J connectivity index is 1.28. The van der Waals surface area contributed by atoms with Crippen LogP contribution in [0.2, 0.25) is 0 Å². The molecule has 6 rings (SSSR count). The van der Waals surface area contributed by atoms with Gasteiger partial charge < -0.3 is 9.80 Å². The summed E-state index contributed by atoms with van der Waals surface area (Å²) in [4.78, 5) is 4.72. The molecule has 0 radical (unpaired) electrons. The minimum absolute atomic E-state index is 0.253. The molecule has 0 N–H and O–H groups in total. The van der Waals surface area contributed by atoms with Crippen molar-refractivity contribution in [2.45, 2.75) is 79.6 Å². The second kappa shape index (κ2) is 16.8. The summed E-state index contributed by atoms with van der Waals surface area (Å²) in [5.41, 5.74) is 13.8. The lowest BCUT2D eigenvalue weighted by Gasteiger charge is -2.27. The van der Waals surface area contributed by atoms with E-state index in [9.17, 15) is 0 Å². The molecule has 260 valence electrons. The van der Waals surface area contributed by atoms with Crippen molar-refractivity contribution in [3.63, 3.8) is 0 Å². The molecule has 0 spiro atoms. The fourth-order valence-corrected chi connectivity index (χ4v) is 6.84. The Morgan fingerprint density at radius 2 is 0.686 bits per heavy atom. The normalized spacial score (nSPS) is 11.4. The van der Waals surface area contributed by atoms with Gasteiger partial charge in [-0.25, -0.2) is 0 Å². The van der Waals surface area contributed by atoms with E-state index in [1.165, 1.54) is 70.6 Å². The number of rotatable bonds is 14. The van der Waals surface area contributed by atoms with Crippen LogP contribution in [0, 0.1) is 5.41 Å². The highest BCUT2D eigenvalue weighted by atomic mass is 15.1. The molecule has 2 nitrogen and oxygen atoms in total. The van der Waals surface area contributed by atoms with Crippen molar-refractivity contribution < 1.29 is 0 Å². The fourth-order valence-electron chi connectivity index (χ4n) is 6.84. The van der Waals surface area contributed by atoms with Crippen LogP contribution in [0.25, 0.3) is 11.1 Å². The highest BCUT2D eigenvalue weighted by Gasteiger charge is 2.16. The third-order valence-corrected chi connectivity index (χ3v) is 9.55. The molecule has 0 saturated heterocycles. The Kier molecular flexibility index (Phi) is 11.7. The molecule has 0 atom stereocenters. The maximum absolute atomic E-state index is 2.38. The zero-order valence-electron chi connectivity index (χ0n) is 31.3. The van der Waals surface area contributed by atoms with E-state index in [0.717, 1.165) is 36.3 Å². The maximum Gasteiger partial charge on any atom is 0.0462 e. The van der Waals surface area contributed by atoms with Crippen molar-refractivity contribution in [3.8, 4) is 11.1 Å². The summed E-state index contributed by atoms with van der Waals surface area (Å²) < 4.78 is 0. The van der Waals surface area contributed by atoms with Gasteiger partial charge in [0.2, 0.25) is 0 Å². The summed E-state index contributed by atoms with van der Waals surface area (Å²) in [6.07, 6.45) is 8.17. The lowest BCUT2D eigenvalue weighted by molar-refractivity contribution is 0.411. The lowest BCUT2D eigenvalue weighted by Crippen LogP contribution is -2.11. The molecule has 0 unspecified atom stereocenters. The van der Waals surface area contributed by atoms with Gasteiger partial charge in [-0.3, -0.25) is 0 Å². The second-order valence-electron chi connectivity index (χ2n) is 15.0. The highest BCUT2D eigenvalue weighted by molar-refractivity contribution is 5.80. The standard InChI is InChI=1S/C49H54N2/c1-6-8-13-38-17-27-44(28-18-38)50(43-15-11-10-12-16-43)47-33-23-41(24-34-47)42-25-35-48(36-26-42)51(45-29-19-39(20-30-45)14-9-7-2)46-31-21-40(22-32-46)37-49(3,4)5/h10-12,15-36H,6-9,13-14,37H2,1-5H3. The first kappa shape index (κ1) is 35.7. The first-order valence-corrected chi connectivity index (χ1v) is 18.9. The third-order valence-electron chi connectivity index (χ3n) is 9.55. The molecule has 0 saturated carbocycles. The molecule has 0 bridgehead atoms. The predicted octanol–water partition coefficient (Wildman–Crippen LogP) is 14.6. The summed E-state index contributed by atoms with van der Waals surface area (Å²) in [6, 6.07) is 56.0. The zero-order valence-corrected chi connectivity index (χ0v) is 31.3. The van der Waals surface area contributed by atoms with E-state index in [-0.39, 0.29) is 5.41 Å². The summed E-state index contributed by atoms with van der Waals surface area (Å²) in [5, 5.41) is 0. The Morgan fingerprint density at radius 3 is 1.02 bits per heavy atom. The average Bonchev–Trinajstić information content (AvgIpc) is 3.15. The van der Waals surface area contributed by atoms with Gasteiger partial charge in [-0.05, 0) is 138 Å². The molecule has 2 heteroatoms. The number of benzene rings is 6. The zero-order chi connectivity index (χ0) is 35.6. The lowest BCUT2D eigenvalue weighted by atomic mass is 9.88. The quantitative estimate of drug-likeness (QED) is 0.114. The Labute approximate surface area is 307 Å². The van der Waals surface area contributed by atoms with Crippen molar-refractivity contribution in [2.24, 2.45) is 5.41 Å². The van der Waals surface area contributed by atoms with Gasteiger partial charge in [0.15, 0.2) is 0 Å². The van der Waals surface area contributed by atoms with Crippen LogP contribution in [0.15, 0.2) is 152 Å². The monoisotopic (exact) mass is 670 g/mol. The van der Waals surface area contributed by atoms with Crippen LogP contribution >= 0.6 is 0 Å². The summed E-state index contributed by atoms with van der Waals surface area (Å²) in [6.45, 7) is 11.4. The molecule has 0 aromatic heterocycles. The van der Waals surface area contributed by atoms with Crippen LogP contribution in [0.4, 0.5) is 34.1 Å². The molecular formula is C49H54N2. The van der Waals surface area contributed by atoms with Crippen LogP contribution < -0.4 is 9.80 Å². The van der Waals surface area contributed by atoms with Crippen LogP contribution in [0.3, 0.4) is 0 Å². The van der Waals surface area contributed by atoms with Crippen molar-refractivity contribution in [3.05, 3.63) is 168 Å². The molecule has 0 amide bonds. The molecule has 0 aliphatic rings. The first-order valence-electron chi connectivity index (χ1n) is 18.9. The van der Waals surface area contributed by atoms with Crippen molar-refractivity contribution in [1.82, 2.24) is 0 Å². The number of aryl methyl sites for hydroxylation is 2. The highest BCUT2D eigenvalue weighted by Crippen LogP contribution is 2.38. The molecule has 6 aromatic carbocycles. The average molecular weight is 671 g/mol. The van der Waals surface area contributed by atoms with Gasteiger partial charge in [0.1, 0.15) is 0 Å². The third kappa shape index (κ3) is 9.38. The molecule has 51 heavy (non-hydrogen) atoms. The van der Waals surface area contributed by atoms with Crippen LogP contribution in [0.5, 0.6) is 0 Å². The van der Waals surface area contributed by atoms with Gasteiger partial charge in [0, 0.05) is 34.1 Å². The minimum Gasteiger partial charge on any atom is -0.311 e. The Hall–Kier alpha value is -5.08. The molecule has 6 aromatic rings. The molecule has 0 aliphatic heterocycles. The molecule has 0 heterocycles. The van der Waals surface area contributed by atoms with E-state index >= 15 is 0 Å². The van der Waals surface area contributed by atoms with Gasteiger partial charge in [-0.15, -0.1) is 0 Å². The SMILES string of the molecule is CCCCc1ccc(N(c2ccccc2)c2ccc(-c3ccc(N(c4ccc(CCCC)cc4)c4ccc(CC(C)(C)C)cc4)cc3)cc2)cc1. The number of para-hydroxylation sites is 1. The van der Waals surface area contributed by atoms with Crippen LogP contribution in [0.1, 0.15) is 77.0 Å². The number of unbranched alkanes of at least 4 members (excludes halogenated alkanes) is 2. The van der Waals surface area contributed by atoms with Gasteiger partial charge in [-0.1, -0.05) is 126 Å². The van der Waals surface area contributed by atoms with E-state index in [0.29, 0.717) is 0 Å². The van der Waals surface area contributed by atoms with Gasteiger partial charge >= 0.3 is 0 Å². The predicted molar refractivity (Wildman–Crippen MR) is 222 cm³/mol. The Morgan fingerprint density at radius 1 is 0.373 bits per heavy atom. The van der Waals surface area contributed by atoms with Gasteiger partial charge in [0.05, 0.1) is 0 Å². The summed E-state index contributed by atoms with van der Waals surface area (Å²) >= 11 is 0. The van der Waals surface area contributed by atoms with E-state index < -0.39 is 0 Å². The Bertz CT molecular complexity index is 1920. The molecule has 0 fully saturated rings. The number of nitrogens with zero attached hydrogens (tertiary/aromatic N) is 2. The molecular weight excluding hydrogens is 617 g/mol. The second-order valence-corrected chi connectivity index (χ2v) is 15.0. The van der Waals surface area contributed by atoms with Crippen molar-refractivity contribution >= 4 is 34.1 Å². The number of hydrogen-bond acceptors (Lipinski definition) is 2. The fraction of sp³-hybridized carbons (Fsp3) is 0.265. The largest absolute Gasteiger partial charge is 0.311 e. The van der Waals surface area contributed by atoms with Crippen LogP contribution in [-0.2, 0) is 19.3 Å². The van der Waals surface area contributed by atoms with Gasteiger partial charge in [0.25, 0.3) is 0 Å². The van der Waals surface area contributed by atoms with E-state index in [4.69, 9.17) is 0 Å². The van der Waals surface area contributed by atoms with E-state index in [1.54, 1.807) is 0 Å². The smallest absolute Gasteiger partial charge is 0.0462 e. The van der Waals surface area contributed by atoms with E-state index in [1.807, 2.05) is 0 Å². The number of anilines is 6. The van der Waals surface area contributed by atoms with Crippen molar-refractivity contribution in [2.75, 3.05) is 9.80 Å². The summed E-state index contributed by atoms with van der Waals surface area (Å²) in [5.74, 6) is 0. The van der Waals surface area contributed by atoms with Gasteiger partial charge in [-0.2, -0.15) is 0 Å². The minimum atomic E-state index is 0.253. The number of hydrogen-bond donors (Lipinski definition) is 0. The maximum atomic E-state index is 2.38.